The van der Waals surface area contributed by atoms with Crippen molar-refractivity contribution in [1.82, 2.24) is 5.32 Å². The molecule has 5 heteroatoms. The summed E-state index contributed by atoms with van der Waals surface area (Å²) < 4.78 is 10.8. The van der Waals surface area contributed by atoms with Crippen molar-refractivity contribution in [3.05, 3.63) is 23.8 Å². The molecular formula is C15H24N2O3. The van der Waals surface area contributed by atoms with Crippen LogP contribution in [0, 0.1) is 5.92 Å². The van der Waals surface area contributed by atoms with Gasteiger partial charge in [0.1, 0.15) is 11.5 Å². The van der Waals surface area contributed by atoms with E-state index < -0.39 is 0 Å². The number of rotatable bonds is 9. The number of primary amides is 1. The molecule has 0 aliphatic heterocycles. The zero-order valence-corrected chi connectivity index (χ0v) is 12.4. The maximum absolute atomic E-state index is 10.7. The molecule has 5 nitrogen and oxygen atoms in total. The second-order valence-electron chi connectivity index (χ2n) is 5.06. The van der Waals surface area contributed by atoms with Crippen LogP contribution in [-0.2, 0) is 11.3 Å². The first-order valence-corrected chi connectivity index (χ1v) is 6.81. The van der Waals surface area contributed by atoms with Gasteiger partial charge in [-0.2, -0.15) is 0 Å². The van der Waals surface area contributed by atoms with Crippen molar-refractivity contribution >= 4 is 5.91 Å². The zero-order valence-electron chi connectivity index (χ0n) is 12.4. The molecule has 1 rings (SSSR count). The van der Waals surface area contributed by atoms with E-state index in [1.54, 1.807) is 7.11 Å². The summed E-state index contributed by atoms with van der Waals surface area (Å²) >= 11 is 0. The molecule has 1 aromatic carbocycles. The summed E-state index contributed by atoms with van der Waals surface area (Å²) in [6, 6.07) is 5.63. The fourth-order valence-electron chi connectivity index (χ4n) is 1.72. The zero-order chi connectivity index (χ0) is 15.0. The third-order valence-electron chi connectivity index (χ3n) is 2.74. The highest BCUT2D eigenvalue weighted by Crippen LogP contribution is 2.24. The number of carbonyl (C=O) groups excluding carboxylic acids is 1. The summed E-state index contributed by atoms with van der Waals surface area (Å²) in [5.74, 6) is 1.76. The van der Waals surface area contributed by atoms with Crippen LogP contribution in [0.3, 0.4) is 0 Å². The number of nitrogens with two attached hydrogens (primary N) is 1. The van der Waals surface area contributed by atoms with Gasteiger partial charge in [0.05, 0.1) is 20.1 Å². The van der Waals surface area contributed by atoms with Gasteiger partial charge in [-0.15, -0.1) is 0 Å². The Labute approximate surface area is 120 Å². The number of hydrogen-bond donors (Lipinski definition) is 2. The third kappa shape index (κ3) is 5.93. The predicted molar refractivity (Wildman–Crippen MR) is 78.8 cm³/mol. The molecule has 0 saturated carbocycles. The van der Waals surface area contributed by atoms with Gasteiger partial charge in [0.25, 0.3) is 0 Å². The quantitative estimate of drug-likeness (QED) is 0.722. The van der Waals surface area contributed by atoms with Crippen molar-refractivity contribution in [3.63, 3.8) is 0 Å². The molecule has 0 bridgehead atoms. The number of hydrogen-bond acceptors (Lipinski definition) is 4. The molecule has 0 saturated heterocycles. The van der Waals surface area contributed by atoms with Crippen LogP contribution in [0.4, 0.5) is 0 Å². The molecule has 0 spiro atoms. The number of methoxy groups -OCH3 is 1. The van der Waals surface area contributed by atoms with Gasteiger partial charge >= 0.3 is 0 Å². The highest BCUT2D eigenvalue weighted by molar-refractivity contribution is 5.73. The van der Waals surface area contributed by atoms with E-state index >= 15 is 0 Å². The van der Waals surface area contributed by atoms with Gasteiger partial charge in [-0.05, 0) is 30.7 Å². The molecule has 3 N–H and O–H groups in total. The lowest BCUT2D eigenvalue weighted by molar-refractivity contribution is -0.118. The first-order valence-electron chi connectivity index (χ1n) is 6.81. The topological polar surface area (TPSA) is 73.6 Å². The number of ether oxygens (including phenoxy) is 2. The van der Waals surface area contributed by atoms with E-state index in [0.29, 0.717) is 19.1 Å². The Kier molecular flexibility index (Phi) is 6.87. The summed E-state index contributed by atoms with van der Waals surface area (Å²) in [5, 5.41) is 3.36. The summed E-state index contributed by atoms with van der Waals surface area (Å²) in [5.41, 5.74) is 6.11. The van der Waals surface area contributed by atoms with E-state index in [9.17, 15) is 4.79 Å². The van der Waals surface area contributed by atoms with Crippen molar-refractivity contribution in [3.8, 4) is 11.5 Å². The lowest BCUT2D eigenvalue weighted by atomic mass is 10.1. The van der Waals surface area contributed by atoms with Crippen molar-refractivity contribution in [2.75, 3.05) is 20.3 Å². The lowest BCUT2D eigenvalue weighted by Crippen LogP contribution is -2.20. The molecule has 0 heterocycles. The first-order chi connectivity index (χ1) is 9.52. The highest BCUT2D eigenvalue weighted by atomic mass is 16.5. The number of carbonyl (C=O) groups is 1. The largest absolute Gasteiger partial charge is 0.497 e. The van der Waals surface area contributed by atoms with Gasteiger partial charge in [0.15, 0.2) is 0 Å². The number of benzene rings is 1. The highest BCUT2D eigenvalue weighted by Gasteiger charge is 2.07. The Balaban J connectivity index is 2.67. The molecular weight excluding hydrogens is 256 g/mol. The fourth-order valence-corrected chi connectivity index (χ4v) is 1.72. The van der Waals surface area contributed by atoms with E-state index in [-0.39, 0.29) is 12.3 Å². The van der Waals surface area contributed by atoms with E-state index in [4.69, 9.17) is 15.2 Å². The monoisotopic (exact) mass is 280 g/mol. The normalized spacial score (nSPS) is 10.6. The van der Waals surface area contributed by atoms with Gasteiger partial charge in [-0.3, -0.25) is 4.79 Å². The summed E-state index contributed by atoms with van der Waals surface area (Å²) in [6.07, 6.45) is 0.213. The summed E-state index contributed by atoms with van der Waals surface area (Å²) in [4.78, 5) is 10.7. The van der Waals surface area contributed by atoms with Crippen molar-refractivity contribution in [2.24, 2.45) is 11.7 Å². The average molecular weight is 280 g/mol. The minimum Gasteiger partial charge on any atom is -0.497 e. The first kappa shape index (κ1) is 16.3. The van der Waals surface area contributed by atoms with Gasteiger partial charge in [0.2, 0.25) is 5.91 Å². The van der Waals surface area contributed by atoms with E-state index in [1.165, 1.54) is 0 Å². The lowest BCUT2D eigenvalue weighted by Gasteiger charge is -2.14. The number of amides is 1. The standard InChI is InChI=1S/C15H24N2O3/c1-11(2)9-17-10-12-8-13(19-3)4-5-14(12)20-7-6-15(16)18/h4-5,8,11,17H,6-7,9-10H2,1-3H3,(H2,16,18). The van der Waals surface area contributed by atoms with Crippen LogP contribution in [0.5, 0.6) is 11.5 Å². The van der Waals surface area contributed by atoms with Crippen LogP contribution in [0.2, 0.25) is 0 Å². The molecule has 0 radical (unpaired) electrons. The molecule has 112 valence electrons. The molecule has 0 aromatic heterocycles. The fraction of sp³-hybridized carbons (Fsp3) is 0.533. The maximum atomic E-state index is 10.7. The smallest absolute Gasteiger partial charge is 0.220 e. The summed E-state index contributed by atoms with van der Waals surface area (Å²) in [7, 11) is 1.63. The Morgan fingerprint density at radius 3 is 2.75 bits per heavy atom. The van der Waals surface area contributed by atoms with Gasteiger partial charge in [-0.25, -0.2) is 0 Å². The average Bonchev–Trinajstić information content (AvgIpc) is 2.39. The molecule has 0 atom stereocenters. The molecule has 0 unspecified atom stereocenters. The molecule has 1 amide bonds. The molecule has 0 aliphatic rings. The minimum absolute atomic E-state index is 0.213. The Morgan fingerprint density at radius 2 is 2.15 bits per heavy atom. The van der Waals surface area contributed by atoms with Crippen LogP contribution in [-0.4, -0.2) is 26.2 Å². The van der Waals surface area contributed by atoms with Crippen LogP contribution >= 0.6 is 0 Å². The number of nitrogens with one attached hydrogen (secondary N) is 1. The van der Waals surface area contributed by atoms with Gasteiger partial charge in [0, 0.05) is 12.1 Å². The van der Waals surface area contributed by atoms with E-state index in [1.807, 2.05) is 18.2 Å². The molecule has 1 aromatic rings. The van der Waals surface area contributed by atoms with Crippen LogP contribution in [0.15, 0.2) is 18.2 Å². The van der Waals surface area contributed by atoms with Crippen LogP contribution in [0.1, 0.15) is 25.8 Å². The Hall–Kier alpha value is -1.75. The molecule has 20 heavy (non-hydrogen) atoms. The second kappa shape index (κ2) is 8.43. The Bertz CT molecular complexity index is 433. The maximum Gasteiger partial charge on any atom is 0.220 e. The van der Waals surface area contributed by atoms with Gasteiger partial charge < -0.3 is 20.5 Å². The van der Waals surface area contributed by atoms with Crippen LogP contribution in [0.25, 0.3) is 0 Å². The minimum atomic E-state index is -0.363. The van der Waals surface area contributed by atoms with Crippen molar-refractivity contribution in [1.29, 1.82) is 0 Å². The molecule has 0 aliphatic carbocycles. The summed E-state index contributed by atoms with van der Waals surface area (Å²) in [6.45, 7) is 6.23. The molecule has 0 fully saturated rings. The Morgan fingerprint density at radius 1 is 1.40 bits per heavy atom. The second-order valence-corrected chi connectivity index (χ2v) is 5.06. The van der Waals surface area contributed by atoms with Crippen molar-refractivity contribution in [2.45, 2.75) is 26.8 Å². The van der Waals surface area contributed by atoms with Gasteiger partial charge in [-0.1, -0.05) is 13.8 Å². The van der Waals surface area contributed by atoms with Crippen molar-refractivity contribution < 1.29 is 14.3 Å². The third-order valence-corrected chi connectivity index (χ3v) is 2.74. The van der Waals surface area contributed by atoms with E-state index in [0.717, 1.165) is 23.6 Å². The van der Waals surface area contributed by atoms with E-state index in [2.05, 4.69) is 19.2 Å². The predicted octanol–water partition coefficient (Wildman–Crippen LogP) is 1.69. The van der Waals surface area contributed by atoms with Crippen LogP contribution < -0.4 is 20.5 Å². The SMILES string of the molecule is COc1ccc(OCCC(N)=O)c(CNCC(C)C)c1.